The first kappa shape index (κ1) is 61.7. The molecule has 0 aromatic carbocycles. The molecule has 77 heavy (non-hydrogen) atoms. The predicted octanol–water partition coefficient (Wildman–Crippen LogP) is -15.2. The highest BCUT2D eigenvalue weighted by Crippen LogP contribution is 2.39. The summed E-state index contributed by atoms with van der Waals surface area (Å²) in [5, 5.41) is 230. The lowest BCUT2D eigenvalue weighted by molar-refractivity contribution is -0.396. The van der Waals surface area contributed by atoms with Crippen LogP contribution in [-0.2, 0) is 66.3 Å². The van der Waals surface area contributed by atoms with Crippen molar-refractivity contribution >= 4 is 0 Å². The van der Waals surface area contributed by atoms with Crippen LogP contribution in [0.15, 0.2) is 0 Å². The summed E-state index contributed by atoms with van der Waals surface area (Å²) >= 11 is 0. The van der Waals surface area contributed by atoms with E-state index in [1.807, 2.05) is 0 Å². The van der Waals surface area contributed by atoms with E-state index in [9.17, 15) is 107 Å². The van der Waals surface area contributed by atoms with Gasteiger partial charge in [0.2, 0.25) is 0 Å². The van der Waals surface area contributed by atoms with Crippen molar-refractivity contribution < 1.29 is 174 Å². The maximum Gasteiger partial charge on any atom is 0.187 e. The Morgan fingerprint density at radius 2 is 0.260 bits per heavy atom. The molecule has 8 unspecified atom stereocenters. The Morgan fingerprint density at radius 3 is 0.351 bits per heavy atom. The van der Waals surface area contributed by atoms with Gasteiger partial charge in [0.1, 0.15) is 171 Å². The number of rotatable bonds is 7. The zero-order chi connectivity index (χ0) is 56.1. The summed E-state index contributed by atoms with van der Waals surface area (Å²) in [6.07, 6.45) is -70.2. The summed E-state index contributed by atoms with van der Waals surface area (Å²) in [6.45, 7) is -7.33. The molecule has 35 atom stereocenters. The minimum absolute atomic E-state index is 1.05. The van der Waals surface area contributed by atoms with Gasteiger partial charge in [-0.25, -0.2) is 0 Å². The van der Waals surface area contributed by atoms with Crippen LogP contribution in [0.5, 0.6) is 0 Å². The largest absolute Gasteiger partial charge is 0.394 e. The van der Waals surface area contributed by atoms with E-state index in [1.165, 1.54) is 0 Å². The first-order chi connectivity index (χ1) is 36.7. The molecule has 35 heteroatoms. The van der Waals surface area contributed by atoms with E-state index >= 15 is 0 Å². The standard InChI is InChI=1S/C42H70O35/c43-1-8-29-15(50)22(57)36(64-8)72-30-9(2-44)66-38(24(59)17(30)52)74-32-11(4-46)68-40(26(61)19(32)54)76-34-13(6-48)70-42(28(63)21(34)56)77-35-14(7-49)69-41(27(62)20(35)55)75-33-12(5-47)67-39(25(60)18(33)53)73-31-10(3-45)65-37(71-29)23(58)16(31)51/h8-63H,1-7H2/t8-,9-,10-,11-,12-,13-,14-,15-,16-,17-,18-,19-,20-,21-,22-,23-,24-,25-,26-,27-,28?,29+,30+,31+,32+,33-,34-,35+,36?,37?,38?,39?,40?,41?,42?/m1/s1. The minimum Gasteiger partial charge on any atom is -0.394 e. The van der Waals surface area contributed by atoms with Crippen molar-refractivity contribution in [2.75, 3.05) is 46.2 Å². The molecule has 21 aliphatic rings. The van der Waals surface area contributed by atoms with Gasteiger partial charge in [0, 0.05) is 0 Å². The summed E-state index contributed by atoms with van der Waals surface area (Å²) in [6, 6.07) is 0. The average Bonchev–Trinajstić information content (AvgIpc) is 3.45. The number of ether oxygens (including phenoxy) is 14. The maximum atomic E-state index is 11.3. The van der Waals surface area contributed by atoms with Gasteiger partial charge in [0.05, 0.1) is 46.2 Å². The zero-order valence-electron chi connectivity index (χ0n) is 40.3. The van der Waals surface area contributed by atoms with Gasteiger partial charge >= 0.3 is 0 Å². The van der Waals surface area contributed by atoms with Crippen LogP contribution in [0.1, 0.15) is 0 Å². The van der Waals surface area contributed by atoms with Gasteiger partial charge in [0.25, 0.3) is 0 Å². The highest BCUT2D eigenvalue weighted by Gasteiger charge is 2.59. The molecular formula is C42H70O35. The number of aliphatic hydroxyl groups excluding tert-OH is 21. The van der Waals surface area contributed by atoms with Gasteiger partial charge in [-0.2, -0.15) is 0 Å². The number of aliphatic hydroxyl groups is 21. The second-order valence-corrected chi connectivity index (χ2v) is 19.7. The lowest BCUT2D eigenvalue weighted by atomic mass is 9.95. The molecular weight excluding hydrogens is 1060 g/mol. The molecule has 0 aromatic rings. The van der Waals surface area contributed by atoms with Crippen LogP contribution in [0, 0.1) is 0 Å². The van der Waals surface area contributed by atoms with Gasteiger partial charge in [-0.15, -0.1) is 0 Å². The second kappa shape index (κ2) is 26.0. The third-order valence-electron chi connectivity index (χ3n) is 14.8. The lowest BCUT2D eigenvalue weighted by Gasteiger charge is -2.50. The number of hydrogen-bond donors (Lipinski definition) is 21. The van der Waals surface area contributed by atoms with Crippen molar-refractivity contribution in [1.29, 1.82) is 0 Å². The molecule has 35 nitrogen and oxygen atoms in total. The third kappa shape index (κ3) is 12.1. The van der Waals surface area contributed by atoms with E-state index in [-0.39, 0.29) is 0 Å². The normalized spacial score (nSPS) is 55.4. The van der Waals surface area contributed by atoms with E-state index in [0.29, 0.717) is 0 Å². The van der Waals surface area contributed by atoms with Crippen molar-refractivity contribution in [1.82, 2.24) is 0 Å². The summed E-state index contributed by atoms with van der Waals surface area (Å²) in [5.41, 5.74) is 0. The smallest absolute Gasteiger partial charge is 0.187 e. The monoisotopic (exact) mass is 1130 g/mol. The van der Waals surface area contributed by atoms with Crippen molar-refractivity contribution in [3.05, 3.63) is 0 Å². The van der Waals surface area contributed by atoms with Gasteiger partial charge in [-0.3, -0.25) is 0 Å². The molecule has 0 aliphatic carbocycles. The fourth-order valence-corrected chi connectivity index (χ4v) is 10.4. The highest BCUT2D eigenvalue weighted by atomic mass is 16.8. The SMILES string of the molecule is OC[C@H]1OC2O[C@H]3[C@H](O)[C@@H](O)C(O[C@@H]4[C@H](O)[C@@H](O)C(O[C@@H]5[C@H](O)[C@@H](O)C(O[C@@H]6[C@H](O)[C@@H](O)C(O[C@@H]7[C@H](O)[C@@H](O)C(O[C@H]8[C@H](O)C(O)C(O[C@@H]1[C@H](O)[C@H]2O)O[C@@H]8CO)O[C@@H]7CO)O[C@@H]6CO)O[C@@H]5CO)O[C@@H]4CO)O[C@@H]3CO. The molecule has 21 aliphatic heterocycles. The van der Waals surface area contributed by atoms with Crippen molar-refractivity contribution in [2.24, 2.45) is 0 Å². The van der Waals surface area contributed by atoms with Crippen LogP contribution in [0.2, 0.25) is 0 Å². The molecule has 14 bridgehead atoms. The van der Waals surface area contributed by atoms with Crippen molar-refractivity contribution in [3.63, 3.8) is 0 Å². The first-order valence-corrected chi connectivity index (χ1v) is 24.6. The highest BCUT2D eigenvalue weighted by molar-refractivity contribution is 5.01. The molecule has 0 amide bonds. The van der Waals surface area contributed by atoms with Crippen LogP contribution in [0.3, 0.4) is 0 Å². The Balaban J connectivity index is 1.08. The average molecular weight is 1130 g/mol. The Bertz CT molecular complexity index is 1470. The molecule has 21 fully saturated rings. The minimum atomic E-state index is -2.21. The Kier molecular flexibility index (Phi) is 20.8. The topological polar surface area (TPSA) is 554 Å². The maximum absolute atomic E-state index is 11.3. The third-order valence-corrected chi connectivity index (χ3v) is 14.8. The van der Waals surface area contributed by atoms with Crippen molar-refractivity contribution in [2.45, 2.75) is 215 Å². The predicted molar refractivity (Wildman–Crippen MR) is 228 cm³/mol. The van der Waals surface area contributed by atoms with Crippen LogP contribution in [-0.4, -0.2) is 368 Å². The van der Waals surface area contributed by atoms with Gasteiger partial charge in [-0.05, 0) is 0 Å². The van der Waals surface area contributed by atoms with Crippen LogP contribution in [0.4, 0.5) is 0 Å². The van der Waals surface area contributed by atoms with E-state index in [1.54, 1.807) is 0 Å². The van der Waals surface area contributed by atoms with Crippen LogP contribution in [0.25, 0.3) is 0 Å². The van der Waals surface area contributed by atoms with E-state index in [0.717, 1.165) is 0 Å². The molecule has 21 N–H and O–H groups in total. The molecule has 0 aromatic heterocycles. The first-order valence-electron chi connectivity index (χ1n) is 24.6. The molecule has 0 spiro atoms. The zero-order valence-corrected chi connectivity index (χ0v) is 40.3. The van der Waals surface area contributed by atoms with Crippen molar-refractivity contribution in [3.8, 4) is 0 Å². The van der Waals surface area contributed by atoms with E-state index in [2.05, 4.69) is 0 Å². The second-order valence-electron chi connectivity index (χ2n) is 19.7. The molecule has 21 heterocycles. The Morgan fingerprint density at radius 1 is 0.156 bits per heavy atom. The summed E-state index contributed by atoms with van der Waals surface area (Å²) in [7, 11) is 0. The lowest BCUT2D eigenvalue weighted by Crippen LogP contribution is -2.68. The Labute approximate surface area is 434 Å². The molecule has 21 saturated heterocycles. The quantitative estimate of drug-likeness (QED) is 0.113. The van der Waals surface area contributed by atoms with Gasteiger partial charge in [0.15, 0.2) is 44.0 Å². The fraction of sp³-hybridized carbons (Fsp3) is 1.00. The van der Waals surface area contributed by atoms with Crippen LogP contribution < -0.4 is 0 Å². The fourth-order valence-electron chi connectivity index (χ4n) is 10.4. The summed E-state index contributed by atoms with van der Waals surface area (Å²) in [4.78, 5) is 0. The molecule has 0 saturated carbocycles. The molecule has 21 rings (SSSR count). The molecule has 448 valence electrons. The Hall–Kier alpha value is -1.40. The van der Waals surface area contributed by atoms with Gasteiger partial charge in [-0.1, -0.05) is 0 Å². The van der Waals surface area contributed by atoms with E-state index in [4.69, 9.17) is 66.3 Å². The molecule has 0 radical (unpaired) electrons. The van der Waals surface area contributed by atoms with Crippen LogP contribution >= 0.6 is 0 Å². The summed E-state index contributed by atoms with van der Waals surface area (Å²) < 4.78 is 79.5. The van der Waals surface area contributed by atoms with E-state index < -0.39 is 261 Å². The summed E-state index contributed by atoms with van der Waals surface area (Å²) in [5.74, 6) is 0. The number of hydrogen-bond acceptors (Lipinski definition) is 35. The van der Waals surface area contributed by atoms with Gasteiger partial charge < -0.3 is 174 Å².